The highest BCUT2D eigenvalue weighted by Gasteiger charge is 2.53. The van der Waals surface area contributed by atoms with Crippen molar-refractivity contribution in [2.75, 3.05) is 26.2 Å². The Bertz CT molecular complexity index is 1130. The smallest absolute Gasteiger partial charge is 0.410 e. The van der Waals surface area contributed by atoms with Crippen LogP contribution >= 0.6 is 0 Å². The molecule has 2 aromatic carbocycles. The van der Waals surface area contributed by atoms with Crippen molar-refractivity contribution < 1.29 is 29.0 Å². The molecule has 0 spiro atoms. The van der Waals surface area contributed by atoms with Gasteiger partial charge < -0.3 is 19.5 Å². The van der Waals surface area contributed by atoms with Crippen molar-refractivity contribution in [3.8, 4) is 11.1 Å². The van der Waals surface area contributed by atoms with E-state index in [1.54, 1.807) is 25.7 Å². The quantitative estimate of drug-likeness (QED) is 0.711. The first-order chi connectivity index (χ1) is 16.6. The van der Waals surface area contributed by atoms with Crippen LogP contribution in [0.4, 0.5) is 9.59 Å². The Kier molecular flexibility index (Phi) is 5.69. The number of aliphatic carboxylic acids is 1. The van der Waals surface area contributed by atoms with E-state index in [0.717, 1.165) is 22.3 Å². The Morgan fingerprint density at radius 2 is 1.51 bits per heavy atom. The number of likely N-dealkylation sites (tertiary alicyclic amines) is 2. The Morgan fingerprint density at radius 3 is 2.09 bits per heavy atom. The van der Waals surface area contributed by atoms with Gasteiger partial charge in [0.15, 0.2) is 0 Å². The van der Waals surface area contributed by atoms with Crippen LogP contribution in [0.1, 0.15) is 37.8 Å². The molecule has 2 saturated heterocycles. The summed E-state index contributed by atoms with van der Waals surface area (Å²) in [5.74, 6) is -1.68. The number of benzene rings is 2. The van der Waals surface area contributed by atoms with E-state index in [0.29, 0.717) is 6.54 Å². The molecule has 2 aromatic rings. The summed E-state index contributed by atoms with van der Waals surface area (Å²) in [6.07, 6.45) is -1.08. The Labute approximate surface area is 204 Å². The minimum absolute atomic E-state index is 0.0978. The number of fused-ring (bicyclic) bond motifs is 4. The molecule has 2 amide bonds. The van der Waals surface area contributed by atoms with Crippen molar-refractivity contribution in [3.63, 3.8) is 0 Å². The van der Waals surface area contributed by atoms with Gasteiger partial charge in [-0.15, -0.1) is 0 Å². The summed E-state index contributed by atoms with van der Waals surface area (Å²) in [5, 5.41) is 9.95. The molecule has 0 aromatic heterocycles. The van der Waals surface area contributed by atoms with Crippen LogP contribution in [0.3, 0.4) is 0 Å². The minimum atomic E-state index is -1.09. The van der Waals surface area contributed by atoms with Crippen LogP contribution in [0, 0.1) is 11.8 Å². The van der Waals surface area contributed by atoms with Crippen molar-refractivity contribution in [1.82, 2.24) is 9.80 Å². The molecule has 2 aliphatic heterocycles. The first-order valence-corrected chi connectivity index (χ1v) is 12.0. The number of carboxylic acids is 1. The van der Waals surface area contributed by atoms with Crippen molar-refractivity contribution in [2.24, 2.45) is 11.8 Å². The predicted molar refractivity (Wildman–Crippen MR) is 128 cm³/mol. The molecule has 1 N–H and O–H groups in total. The van der Waals surface area contributed by atoms with Gasteiger partial charge in [0.1, 0.15) is 18.2 Å². The summed E-state index contributed by atoms with van der Waals surface area (Å²) in [6.45, 7) is 6.34. The van der Waals surface area contributed by atoms with Crippen LogP contribution in [-0.4, -0.2) is 70.9 Å². The number of nitrogens with zero attached hydrogens (tertiary/aromatic N) is 2. The van der Waals surface area contributed by atoms with Crippen LogP contribution in [0.25, 0.3) is 11.1 Å². The van der Waals surface area contributed by atoms with E-state index >= 15 is 0 Å². The molecular formula is C27H30N2O6. The van der Waals surface area contributed by atoms with Crippen molar-refractivity contribution in [3.05, 3.63) is 59.7 Å². The minimum Gasteiger partial charge on any atom is -0.480 e. The number of rotatable bonds is 3. The van der Waals surface area contributed by atoms with Gasteiger partial charge in [0.05, 0.1) is 0 Å². The second-order valence-electron chi connectivity index (χ2n) is 10.5. The molecule has 8 nitrogen and oxygen atoms in total. The van der Waals surface area contributed by atoms with Crippen LogP contribution < -0.4 is 0 Å². The van der Waals surface area contributed by atoms with E-state index in [-0.39, 0.29) is 37.5 Å². The normalized spacial score (nSPS) is 23.0. The lowest BCUT2D eigenvalue weighted by atomic mass is 9.94. The summed E-state index contributed by atoms with van der Waals surface area (Å²) >= 11 is 0. The zero-order valence-electron chi connectivity index (χ0n) is 20.1. The maximum atomic E-state index is 13.1. The zero-order chi connectivity index (χ0) is 24.9. The second-order valence-corrected chi connectivity index (χ2v) is 10.5. The van der Waals surface area contributed by atoms with Crippen LogP contribution in [0.15, 0.2) is 48.5 Å². The predicted octanol–water partition coefficient (Wildman–Crippen LogP) is 4.19. The van der Waals surface area contributed by atoms with Crippen molar-refractivity contribution >= 4 is 18.2 Å². The number of carboxylic acid groups (broad SMARTS) is 1. The lowest BCUT2D eigenvalue weighted by molar-refractivity contribution is -0.143. The monoisotopic (exact) mass is 478 g/mol. The first kappa shape index (κ1) is 23.2. The SMILES string of the molecule is CC(C)(C)OC(=O)N1C[C@H]2CN(C(=O)OCC3c4ccccc4-c4ccccc43)C(C(=O)O)[C@H]2C1. The molecule has 5 rings (SSSR count). The Morgan fingerprint density at radius 1 is 0.914 bits per heavy atom. The number of ether oxygens (including phenoxy) is 2. The lowest BCUT2D eigenvalue weighted by Crippen LogP contribution is -2.46. The molecule has 1 unspecified atom stereocenters. The van der Waals surface area contributed by atoms with Gasteiger partial charge in [-0.05, 0) is 43.0 Å². The Hall–Kier alpha value is -3.55. The third kappa shape index (κ3) is 4.22. The van der Waals surface area contributed by atoms with Gasteiger partial charge in [-0.2, -0.15) is 0 Å². The van der Waals surface area contributed by atoms with Crippen LogP contribution in [-0.2, 0) is 14.3 Å². The fourth-order valence-electron chi connectivity index (χ4n) is 5.70. The average Bonchev–Trinajstić information content (AvgIpc) is 3.45. The summed E-state index contributed by atoms with van der Waals surface area (Å²) in [6, 6.07) is 15.1. The lowest BCUT2D eigenvalue weighted by Gasteiger charge is -2.28. The highest BCUT2D eigenvalue weighted by molar-refractivity contribution is 5.82. The number of carbonyl (C=O) groups is 3. The summed E-state index contributed by atoms with van der Waals surface area (Å²) < 4.78 is 11.2. The van der Waals surface area contributed by atoms with Gasteiger partial charge in [0.2, 0.25) is 0 Å². The standard InChI is InChI=1S/C27H30N2O6/c1-27(2,3)35-25(32)28-12-16-13-29(23(24(30)31)21(16)14-28)26(33)34-15-22-19-10-6-4-8-17(19)18-9-5-7-11-20(18)22/h4-11,16,21-23H,12-15H2,1-3H3,(H,30,31)/t16-,21-,23?/m0/s1. The van der Waals surface area contributed by atoms with Crippen molar-refractivity contribution in [1.29, 1.82) is 0 Å². The first-order valence-electron chi connectivity index (χ1n) is 12.0. The van der Waals surface area contributed by atoms with Gasteiger partial charge in [-0.1, -0.05) is 48.5 Å². The molecule has 2 fully saturated rings. The third-order valence-corrected chi connectivity index (χ3v) is 7.14. The van der Waals surface area contributed by atoms with E-state index in [9.17, 15) is 19.5 Å². The average molecular weight is 479 g/mol. The number of hydrogen-bond donors (Lipinski definition) is 1. The Balaban J connectivity index is 1.27. The second kappa shape index (κ2) is 8.59. The maximum absolute atomic E-state index is 13.1. The van der Waals surface area contributed by atoms with Crippen molar-refractivity contribution in [2.45, 2.75) is 38.3 Å². The summed E-state index contributed by atoms with van der Waals surface area (Å²) in [7, 11) is 0. The number of amides is 2. The maximum Gasteiger partial charge on any atom is 0.410 e. The van der Waals surface area contributed by atoms with Gasteiger partial charge in [0, 0.05) is 37.4 Å². The van der Waals surface area contributed by atoms with Crippen LogP contribution in [0.2, 0.25) is 0 Å². The van der Waals surface area contributed by atoms with Gasteiger partial charge in [-0.25, -0.2) is 14.4 Å². The number of carbonyl (C=O) groups excluding carboxylic acids is 2. The highest BCUT2D eigenvalue weighted by atomic mass is 16.6. The van der Waals surface area contributed by atoms with E-state index < -0.39 is 29.8 Å². The molecule has 1 aliphatic carbocycles. The molecule has 3 atom stereocenters. The highest BCUT2D eigenvalue weighted by Crippen LogP contribution is 2.45. The molecule has 0 radical (unpaired) electrons. The zero-order valence-corrected chi connectivity index (χ0v) is 20.1. The molecule has 0 saturated carbocycles. The topological polar surface area (TPSA) is 96.4 Å². The van der Waals surface area contributed by atoms with E-state index in [2.05, 4.69) is 12.1 Å². The van der Waals surface area contributed by atoms with Gasteiger partial charge in [-0.3, -0.25) is 4.90 Å². The largest absolute Gasteiger partial charge is 0.480 e. The molecule has 8 heteroatoms. The van der Waals surface area contributed by atoms with E-state index in [1.807, 2.05) is 36.4 Å². The van der Waals surface area contributed by atoms with Crippen LogP contribution in [0.5, 0.6) is 0 Å². The van der Waals surface area contributed by atoms with E-state index in [1.165, 1.54) is 4.90 Å². The molecule has 35 heavy (non-hydrogen) atoms. The fourth-order valence-corrected chi connectivity index (χ4v) is 5.70. The summed E-state index contributed by atoms with van der Waals surface area (Å²) in [4.78, 5) is 40.6. The number of hydrogen-bond acceptors (Lipinski definition) is 5. The fraction of sp³-hybridized carbons (Fsp3) is 0.444. The molecular weight excluding hydrogens is 448 g/mol. The molecule has 0 bridgehead atoms. The molecule has 184 valence electrons. The molecule has 3 aliphatic rings. The van der Waals surface area contributed by atoms with Gasteiger partial charge in [0.25, 0.3) is 0 Å². The molecule has 2 heterocycles. The van der Waals surface area contributed by atoms with Gasteiger partial charge >= 0.3 is 18.2 Å². The van der Waals surface area contributed by atoms with E-state index in [4.69, 9.17) is 9.47 Å². The third-order valence-electron chi connectivity index (χ3n) is 7.14. The summed E-state index contributed by atoms with van der Waals surface area (Å²) in [5.41, 5.74) is 3.83.